The minimum absolute atomic E-state index is 0.707. The summed E-state index contributed by atoms with van der Waals surface area (Å²) in [7, 11) is 1.77. The molecular weight excluding hydrogens is 66.1 g/mol. The quantitative estimate of drug-likeness (QED) is 0.371. The van der Waals surface area contributed by atoms with Crippen LogP contribution in [-0.4, -0.2) is 22.1 Å². The molecule has 24 valence electrons. The van der Waals surface area contributed by atoms with E-state index in [0.717, 1.165) is 0 Å². The van der Waals surface area contributed by atoms with Gasteiger partial charge in [0.25, 0.3) is 0 Å². The Bertz CT molecular complexity index is 20.0. The zero-order valence-electron chi connectivity index (χ0n) is 2.57. The summed E-state index contributed by atoms with van der Waals surface area (Å²) in [6.45, 7) is 0.707. The van der Waals surface area contributed by atoms with Crippen LogP contribution in [-0.2, 0) is 0 Å². The van der Waals surface area contributed by atoms with Crippen molar-refractivity contribution in [1.29, 1.82) is 0 Å². The molecule has 0 rings (SSSR count). The fraction of sp³-hybridized carbons (Fsp3) is 0.500. The van der Waals surface area contributed by atoms with E-state index in [-0.39, 0.29) is 0 Å². The minimum Gasteiger partial charge on any atom is -0.327 e. The summed E-state index contributed by atoms with van der Waals surface area (Å²) in [5.74, 6) is 0. The van der Waals surface area contributed by atoms with Gasteiger partial charge < -0.3 is 5.73 Å². The Kier molecular flexibility index (Phi) is 3.08. The van der Waals surface area contributed by atoms with Crippen LogP contribution < -0.4 is 5.73 Å². The molecule has 0 aliphatic rings. The summed E-state index contributed by atoms with van der Waals surface area (Å²) in [5, 5.41) is 0. The standard InChI is InChI=1S/C2H7NSi/c3-1-2-4/h2H,1,3-4H2. The molecule has 0 aliphatic carbocycles. The Morgan fingerprint density at radius 2 is 2.25 bits per heavy atom. The number of nitrogens with two attached hydrogens (primary N) is 1. The first-order chi connectivity index (χ1) is 1.91. The van der Waals surface area contributed by atoms with Crippen molar-refractivity contribution in [3.05, 3.63) is 0 Å². The normalized spacial score (nSPS) is 6.25. The molecule has 0 spiro atoms. The van der Waals surface area contributed by atoms with E-state index < -0.39 is 0 Å². The molecule has 0 saturated carbocycles. The van der Waals surface area contributed by atoms with Crippen LogP contribution in [0.1, 0.15) is 0 Å². The van der Waals surface area contributed by atoms with Gasteiger partial charge in [-0.05, 0) is 9.85 Å². The molecule has 2 heteroatoms. The van der Waals surface area contributed by atoms with Gasteiger partial charge in [0.15, 0.2) is 0 Å². The lowest BCUT2D eigenvalue weighted by atomic mass is 10.8. The second-order valence-electron chi connectivity index (χ2n) is 0.524. The number of rotatable bonds is 1. The first kappa shape index (κ1) is 4.05. The lowest BCUT2D eigenvalue weighted by Crippen LogP contribution is -1.97. The van der Waals surface area contributed by atoms with Gasteiger partial charge in [-0.3, -0.25) is 0 Å². The second-order valence-corrected chi connectivity index (χ2v) is 1.10. The van der Waals surface area contributed by atoms with Gasteiger partial charge in [0.1, 0.15) is 0 Å². The summed E-state index contributed by atoms with van der Waals surface area (Å²) >= 11 is 0. The molecule has 0 aromatic heterocycles. The zero-order valence-corrected chi connectivity index (χ0v) is 3.98. The predicted octanol–water partition coefficient (Wildman–Crippen LogP) is -1.62. The van der Waals surface area contributed by atoms with Crippen molar-refractivity contribution in [3.8, 4) is 0 Å². The van der Waals surface area contributed by atoms with E-state index in [9.17, 15) is 0 Å². The van der Waals surface area contributed by atoms with E-state index in [1.54, 1.807) is 9.85 Å². The van der Waals surface area contributed by atoms with Crippen molar-refractivity contribution >= 4 is 15.5 Å². The fourth-order valence-corrected chi connectivity index (χ4v) is 0. The van der Waals surface area contributed by atoms with Crippen molar-refractivity contribution < 1.29 is 0 Å². The average molecular weight is 73.2 g/mol. The van der Waals surface area contributed by atoms with E-state index >= 15 is 0 Å². The van der Waals surface area contributed by atoms with Crippen LogP contribution in [0, 0.1) is 0 Å². The third-order valence-electron chi connectivity index (χ3n) is 0.167. The van der Waals surface area contributed by atoms with Gasteiger partial charge in [-0.25, -0.2) is 0 Å². The van der Waals surface area contributed by atoms with E-state index in [1.807, 2.05) is 5.67 Å². The van der Waals surface area contributed by atoms with Crippen molar-refractivity contribution in [1.82, 2.24) is 0 Å². The maximum Gasteiger partial charge on any atom is 0.00625 e. The highest BCUT2D eigenvalue weighted by molar-refractivity contribution is 6.27. The van der Waals surface area contributed by atoms with E-state index in [4.69, 9.17) is 5.73 Å². The van der Waals surface area contributed by atoms with E-state index in [0.29, 0.717) is 6.54 Å². The van der Waals surface area contributed by atoms with E-state index in [2.05, 4.69) is 0 Å². The third-order valence-corrected chi connectivity index (χ3v) is 0.500. The fourth-order valence-electron chi connectivity index (χ4n) is 0. The Morgan fingerprint density at radius 3 is 2.25 bits per heavy atom. The Balaban J connectivity index is 2.30. The van der Waals surface area contributed by atoms with Gasteiger partial charge in [-0.2, -0.15) is 0 Å². The Labute approximate surface area is 28.9 Å². The topological polar surface area (TPSA) is 26.0 Å². The molecule has 0 aromatic rings. The predicted molar refractivity (Wildman–Crippen MR) is 23.7 cm³/mol. The van der Waals surface area contributed by atoms with Crippen molar-refractivity contribution in [3.63, 3.8) is 0 Å². The second kappa shape index (κ2) is 3.05. The molecule has 2 N–H and O–H groups in total. The van der Waals surface area contributed by atoms with Crippen LogP contribution in [0.25, 0.3) is 0 Å². The van der Waals surface area contributed by atoms with Crippen LogP contribution in [0.5, 0.6) is 0 Å². The molecule has 0 aliphatic heterocycles. The summed E-state index contributed by atoms with van der Waals surface area (Å²) in [5.41, 5.74) is 6.91. The first-order valence-electron chi connectivity index (χ1n) is 1.22. The van der Waals surface area contributed by atoms with Crippen LogP contribution in [0.4, 0.5) is 0 Å². The molecule has 0 atom stereocenters. The molecule has 0 aromatic carbocycles. The van der Waals surface area contributed by atoms with Gasteiger partial charge in [-0.1, -0.05) is 5.67 Å². The maximum absolute atomic E-state index is 4.98. The summed E-state index contributed by atoms with van der Waals surface area (Å²) in [6, 6.07) is 0. The Morgan fingerprint density at radius 1 is 2.00 bits per heavy atom. The molecule has 0 amide bonds. The molecule has 1 nitrogen and oxygen atoms in total. The number of hydrogen-bond donors (Lipinski definition) is 1. The molecule has 0 radical (unpaired) electrons. The van der Waals surface area contributed by atoms with E-state index in [1.165, 1.54) is 0 Å². The van der Waals surface area contributed by atoms with Crippen LogP contribution in [0.15, 0.2) is 0 Å². The van der Waals surface area contributed by atoms with Gasteiger partial charge >= 0.3 is 0 Å². The maximum atomic E-state index is 4.98. The Hall–Kier alpha value is 0.0469. The van der Waals surface area contributed by atoms with Crippen molar-refractivity contribution in [2.75, 3.05) is 6.54 Å². The lowest BCUT2D eigenvalue weighted by Gasteiger charge is -1.61. The monoisotopic (exact) mass is 73.0 g/mol. The molecule has 0 saturated heterocycles. The zero-order chi connectivity index (χ0) is 3.41. The summed E-state index contributed by atoms with van der Waals surface area (Å²) < 4.78 is 0. The van der Waals surface area contributed by atoms with Crippen LogP contribution >= 0.6 is 0 Å². The number of hydrogen-bond acceptors (Lipinski definition) is 1. The van der Waals surface area contributed by atoms with Crippen molar-refractivity contribution in [2.24, 2.45) is 5.73 Å². The average Bonchev–Trinajstić information content (AvgIpc) is 1.37. The van der Waals surface area contributed by atoms with Gasteiger partial charge in [0.2, 0.25) is 0 Å². The lowest BCUT2D eigenvalue weighted by molar-refractivity contribution is 1.36. The highest BCUT2D eigenvalue weighted by Crippen LogP contribution is 1.16. The van der Waals surface area contributed by atoms with Crippen LogP contribution in [0.3, 0.4) is 0 Å². The molecule has 0 heterocycles. The molecular formula is C2H7NSi. The minimum atomic E-state index is 0.707. The smallest absolute Gasteiger partial charge is 0.00625 e. The molecule has 0 fully saturated rings. The van der Waals surface area contributed by atoms with Gasteiger partial charge in [0.05, 0.1) is 0 Å². The largest absolute Gasteiger partial charge is 0.327 e. The highest BCUT2D eigenvalue weighted by atomic mass is 28.1. The van der Waals surface area contributed by atoms with Gasteiger partial charge in [-0.15, -0.1) is 0 Å². The van der Waals surface area contributed by atoms with Gasteiger partial charge in [0, 0.05) is 6.54 Å². The third kappa shape index (κ3) is 2.05. The summed E-state index contributed by atoms with van der Waals surface area (Å²) in [6.07, 6.45) is 0. The molecule has 0 bridgehead atoms. The molecule has 0 unspecified atom stereocenters. The van der Waals surface area contributed by atoms with Crippen LogP contribution in [0.2, 0.25) is 0 Å². The molecule has 4 heavy (non-hydrogen) atoms. The first-order valence-corrected chi connectivity index (χ1v) is 2.04. The SMILES string of the molecule is NCC=[SiH2]. The van der Waals surface area contributed by atoms with Crippen molar-refractivity contribution in [2.45, 2.75) is 0 Å². The highest BCUT2D eigenvalue weighted by Gasteiger charge is 1.43. The summed E-state index contributed by atoms with van der Waals surface area (Å²) in [4.78, 5) is 0.